The molecule has 1 saturated heterocycles. The van der Waals surface area contributed by atoms with Crippen LogP contribution in [0.1, 0.15) is 18.5 Å². The van der Waals surface area contributed by atoms with E-state index in [2.05, 4.69) is 24.8 Å². The van der Waals surface area contributed by atoms with Crippen LogP contribution in [0.4, 0.5) is 0 Å². The summed E-state index contributed by atoms with van der Waals surface area (Å²) in [5.41, 5.74) is 2.91. The minimum absolute atomic E-state index is 0.219. The number of hydrogen-bond donors (Lipinski definition) is 0. The van der Waals surface area contributed by atoms with Crippen LogP contribution in [0.5, 0.6) is 5.75 Å². The van der Waals surface area contributed by atoms with Gasteiger partial charge in [0.15, 0.2) is 0 Å². The van der Waals surface area contributed by atoms with Crippen molar-refractivity contribution in [3.8, 4) is 17.0 Å². The number of ether oxygens (including phenoxy) is 1. The summed E-state index contributed by atoms with van der Waals surface area (Å²) in [6, 6.07) is 9.98. The molecule has 1 aliphatic heterocycles. The average molecular weight is 347 g/mol. The highest BCUT2D eigenvalue weighted by Gasteiger charge is 2.22. The third-order valence-electron chi connectivity index (χ3n) is 4.58. The largest absolute Gasteiger partial charge is 0.490 e. The number of hydrogen-bond acceptors (Lipinski definition) is 6. The van der Waals surface area contributed by atoms with Gasteiger partial charge in [-0.15, -0.1) is 0 Å². The maximum atomic E-state index is 6.32. The van der Waals surface area contributed by atoms with Gasteiger partial charge in [0, 0.05) is 50.0 Å². The van der Waals surface area contributed by atoms with Crippen molar-refractivity contribution in [3.63, 3.8) is 0 Å². The van der Waals surface area contributed by atoms with Crippen LogP contribution in [0.3, 0.4) is 0 Å². The lowest BCUT2D eigenvalue weighted by atomic mass is 10.1. The summed E-state index contributed by atoms with van der Waals surface area (Å²) in [5, 5.41) is 0. The minimum Gasteiger partial charge on any atom is -0.490 e. The Kier molecular flexibility index (Phi) is 5.12. The van der Waals surface area contributed by atoms with E-state index in [4.69, 9.17) is 4.74 Å². The lowest BCUT2D eigenvalue weighted by Gasteiger charge is -2.32. The zero-order valence-electron chi connectivity index (χ0n) is 14.5. The summed E-state index contributed by atoms with van der Waals surface area (Å²) in [6.45, 7) is 2.84. The Morgan fingerprint density at radius 2 is 1.85 bits per heavy atom. The molecule has 1 aliphatic rings. The van der Waals surface area contributed by atoms with E-state index in [0.29, 0.717) is 0 Å². The Bertz CT molecular complexity index is 820. The first-order valence-corrected chi connectivity index (χ1v) is 8.88. The molecule has 0 unspecified atom stereocenters. The van der Waals surface area contributed by atoms with E-state index in [1.165, 1.54) is 0 Å². The van der Waals surface area contributed by atoms with Crippen LogP contribution in [-0.2, 0) is 6.54 Å². The first-order chi connectivity index (χ1) is 12.9. The average Bonchev–Trinajstić information content (AvgIpc) is 2.71. The van der Waals surface area contributed by atoms with Crippen molar-refractivity contribution in [3.05, 3.63) is 67.1 Å². The second-order valence-corrected chi connectivity index (χ2v) is 6.38. The molecule has 0 radical (unpaired) electrons. The molecule has 0 amide bonds. The summed E-state index contributed by atoms with van der Waals surface area (Å²) >= 11 is 0. The molecule has 6 nitrogen and oxygen atoms in total. The number of nitrogens with zero attached hydrogens (tertiary/aromatic N) is 5. The molecule has 1 fully saturated rings. The number of piperidine rings is 1. The van der Waals surface area contributed by atoms with E-state index < -0.39 is 0 Å². The van der Waals surface area contributed by atoms with Gasteiger partial charge in [-0.2, -0.15) is 0 Å². The van der Waals surface area contributed by atoms with Crippen LogP contribution in [0.2, 0.25) is 0 Å². The number of para-hydroxylation sites is 1. The highest BCUT2D eigenvalue weighted by Crippen LogP contribution is 2.30. The summed E-state index contributed by atoms with van der Waals surface area (Å²) < 4.78 is 6.32. The summed E-state index contributed by atoms with van der Waals surface area (Å²) in [6.07, 6.45) is 10.8. The quantitative estimate of drug-likeness (QED) is 0.707. The van der Waals surface area contributed by atoms with Gasteiger partial charge in [0.25, 0.3) is 0 Å². The van der Waals surface area contributed by atoms with Gasteiger partial charge in [0.1, 0.15) is 18.2 Å². The van der Waals surface area contributed by atoms with Crippen LogP contribution in [0, 0.1) is 0 Å². The van der Waals surface area contributed by atoms with Gasteiger partial charge < -0.3 is 4.74 Å². The van der Waals surface area contributed by atoms with Crippen molar-refractivity contribution < 1.29 is 4.74 Å². The van der Waals surface area contributed by atoms with Crippen molar-refractivity contribution >= 4 is 0 Å². The molecule has 1 aromatic carbocycles. The van der Waals surface area contributed by atoms with E-state index in [1.54, 1.807) is 24.9 Å². The van der Waals surface area contributed by atoms with Crippen molar-refractivity contribution in [1.82, 2.24) is 24.8 Å². The van der Waals surface area contributed by atoms with Gasteiger partial charge in [-0.1, -0.05) is 12.1 Å². The first kappa shape index (κ1) is 16.6. The van der Waals surface area contributed by atoms with Gasteiger partial charge >= 0.3 is 0 Å². The SMILES string of the molecule is c1ccc(-c2ccncn2)c(OC2CCN(Cc3cnccn3)CC2)c1. The first-order valence-electron chi connectivity index (χ1n) is 8.88. The molecule has 132 valence electrons. The number of aromatic nitrogens is 4. The zero-order chi connectivity index (χ0) is 17.6. The maximum Gasteiger partial charge on any atom is 0.129 e. The van der Waals surface area contributed by atoms with E-state index in [1.807, 2.05) is 36.5 Å². The lowest BCUT2D eigenvalue weighted by Crippen LogP contribution is -2.38. The highest BCUT2D eigenvalue weighted by atomic mass is 16.5. The van der Waals surface area contributed by atoms with Crippen LogP contribution in [0.15, 0.2) is 61.4 Å². The molecule has 2 aromatic heterocycles. The van der Waals surface area contributed by atoms with E-state index in [9.17, 15) is 0 Å². The van der Waals surface area contributed by atoms with Crippen LogP contribution >= 0.6 is 0 Å². The van der Waals surface area contributed by atoms with Gasteiger partial charge in [0.05, 0.1) is 11.4 Å². The van der Waals surface area contributed by atoms with Crippen molar-refractivity contribution in [2.24, 2.45) is 0 Å². The van der Waals surface area contributed by atoms with Crippen LogP contribution in [-0.4, -0.2) is 44.0 Å². The van der Waals surface area contributed by atoms with Gasteiger partial charge in [-0.05, 0) is 31.0 Å². The van der Waals surface area contributed by atoms with Gasteiger partial charge in [-0.3, -0.25) is 14.9 Å². The third kappa shape index (κ3) is 4.03. The Balaban J connectivity index is 1.38. The fourth-order valence-electron chi connectivity index (χ4n) is 3.24. The van der Waals surface area contributed by atoms with Crippen LogP contribution in [0.25, 0.3) is 11.3 Å². The Morgan fingerprint density at radius 1 is 0.962 bits per heavy atom. The molecule has 6 heteroatoms. The lowest BCUT2D eigenvalue weighted by molar-refractivity contribution is 0.0965. The monoisotopic (exact) mass is 347 g/mol. The highest BCUT2D eigenvalue weighted by molar-refractivity contribution is 5.66. The maximum absolute atomic E-state index is 6.32. The number of benzene rings is 1. The molecule has 0 bridgehead atoms. The fourth-order valence-corrected chi connectivity index (χ4v) is 3.24. The summed E-state index contributed by atoms with van der Waals surface area (Å²) in [5.74, 6) is 0.888. The third-order valence-corrected chi connectivity index (χ3v) is 4.58. The van der Waals surface area contributed by atoms with Crippen LogP contribution < -0.4 is 4.74 Å². The van der Waals surface area contributed by atoms with Crippen molar-refractivity contribution in [2.75, 3.05) is 13.1 Å². The molecular weight excluding hydrogens is 326 g/mol. The van der Waals surface area contributed by atoms with E-state index in [-0.39, 0.29) is 6.10 Å². The van der Waals surface area contributed by atoms with E-state index in [0.717, 1.165) is 55.2 Å². The molecular formula is C20H21N5O. The molecule has 0 spiro atoms. The number of rotatable bonds is 5. The molecule has 3 aromatic rings. The number of likely N-dealkylation sites (tertiary alicyclic amines) is 1. The van der Waals surface area contributed by atoms with Gasteiger partial charge in [-0.25, -0.2) is 9.97 Å². The molecule has 0 saturated carbocycles. The zero-order valence-corrected chi connectivity index (χ0v) is 14.5. The minimum atomic E-state index is 0.219. The molecule has 0 N–H and O–H groups in total. The van der Waals surface area contributed by atoms with Crippen molar-refractivity contribution in [2.45, 2.75) is 25.5 Å². The topological polar surface area (TPSA) is 64.0 Å². The summed E-state index contributed by atoms with van der Waals surface area (Å²) in [7, 11) is 0. The molecule has 0 aliphatic carbocycles. The second-order valence-electron chi connectivity index (χ2n) is 6.38. The normalized spacial score (nSPS) is 15.7. The second kappa shape index (κ2) is 8.01. The molecule has 3 heterocycles. The smallest absolute Gasteiger partial charge is 0.129 e. The Hall–Kier alpha value is -2.86. The predicted molar refractivity (Wildman–Crippen MR) is 98.4 cm³/mol. The fraction of sp³-hybridized carbons (Fsp3) is 0.300. The predicted octanol–water partition coefficient (Wildman–Crippen LogP) is 2.98. The van der Waals surface area contributed by atoms with Gasteiger partial charge in [0.2, 0.25) is 0 Å². The summed E-state index contributed by atoms with van der Waals surface area (Å²) in [4.78, 5) is 19.2. The molecule has 4 rings (SSSR count). The Morgan fingerprint density at radius 3 is 2.62 bits per heavy atom. The molecule has 0 atom stereocenters. The van der Waals surface area contributed by atoms with Crippen molar-refractivity contribution in [1.29, 1.82) is 0 Å². The molecule has 26 heavy (non-hydrogen) atoms. The standard InChI is InChI=1S/C20H21N5O/c1-2-4-20(18(3-1)19-5-8-22-15-24-19)26-17-6-11-25(12-7-17)14-16-13-21-9-10-23-16/h1-5,8-10,13,15,17H,6-7,11-12,14H2. The van der Waals surface area contributed by atoms with E-state index >= 15 is 0 Å². The Labute approximate surface area is 152 Å².